The number of imidazole rings is 1. The van der Waals surface area contributed by atoms with Gasteiger partial charge in [0.2, 0.25) is 15.9 Å². The number of nitrogens with one attached hydrogen (secondary N) is 2. The van der Waals surface area contributed by atoms with E-state index in [1.165, 1.54) is 19.2 Å². The first kappa shape index (κ1) is 20.3. The van der Waals surface area contributed by atoms with Gasteiger partial charge in [-0.1, -0.05) is 6.92 Å². The molecule has 5 N–H and O–H groups in total. The van der Waals surface area contributed by atoms with E-state index in [9.17, 15) is 18.3 Å². The normalized spacial score (nSPS) is 15.8. The number of hydrogen-bond acceptors (Lipinski definition) is 6. The number of benzene rings is 1. The molecule has 0 unspecified atom stereocenters. The van der Waals surface area contributed by atoms with E-state index in [1.54, 1.807) is 25.1 Å². The third-order valence-electron chi connectivity index (χ3n) is 4.32. The molecule has 0 saturated heterocycles. The molecule has 0 aliphatic heterocycles. The van der Waals surface area contributed by atoms with E-state index >= 15 is 0 Å². The Labute approximate surface area is 152 Å². The molecule has 0 radical (unpaired) electrons. The molecule has 2 aromatic rings. The largest absolute Gasteiger partial charge is 0.391 e. The maximum atomic E-state index is 12.0. The van der Waals surface area contributed by atoms with Gasteiger partial charge in [0, 0.05) is 13.5 Å². The van der Waals surface area contributed by atoms with Crippen LogP contribution in [-0.4, -0.2) is 67.6 Å². The molecule has 2 rings (SSSR count). The van der Waals surface area contributed by atoms with Gasteiger partial charge in [0.15, 0.2) is 0 Å². The van der Waals surface area contributed by atoms with E-state index in [0.717, 1.165) is 0 Å². The third kappa shape index (κ3) is 4.39. The van der Waals surface area contributed by atoms with Crippen molar-refractivity contribution in [3.05, 3.63) is 24.0 Å². The number of hydrogen-bond donors (Lipinski definition) is 4. The monoisotopic (exact) mass is 383 g/mol. The number of H-pyrrole nitrogens is 1. The van der Waals surface area contributed by atoms with Gasteiger partial charge in [0.05, 0.1) is 22.0 Å². The number of sulfonamides is 1. The standard InChI is InChI=1S/C16H25N5O4S/c1-9(15(22)14(21(3)4)16(23)18-2)7-13-19-11-6-5-10(26(17,24)25)8-12(11)20-13/h5-6,8-9,14-15,22H,7H2,1-4H3,(H,18,23)(H,19,20)(H2,17,24,25)/t9-,14+,15-/m1/s1. The van der Waals surface area contributed by atoms with Crippen molar-refractivity contribution in [1.82, 2.24) is 20.2 Å². The highest BCUT2D eigenvalue weighted by Crippen LogP contribution is 2.20. The first-order chi connectivity index (χ1) is 12.0. The molecule has 9 nitrogen and oxygen atoms in total. The summed E-state index contributed by atoms with van der Waals surface area (Å²) >= 11 is 0. The van der Waals surface area contributed by atoms with Crippen molar-refractivity contribution in [1.29, 1.82) is 0 Å². The molecule has 0 bridgehead atoms. The van der Waals surface area contributed by atoms with Gasteiger partial charge >= 0.3 is 0 Å². The minimum absolute atomic E-state index is 0.000530. The van der Waals surface area contributed by atoms with E-state index in [2.05, 4.69) is 15.3 Å². The highest BCUT2D eigenvalue weighted by atomic mass is 32.2. The molecular formula is C16H25N5O4S. The number of nitrogens with two attached hydrogens (primary N) is 1. The fourth-order valence-electron chi connectivity index (χ4n) is 2.90. The summed E-state index contributed by atoms with van der Waals surface area (Å²) in [7, 11) is 1.19. The molecule has 3 atom stereocenters. The molecule has 1 aromatic heterocycles. The van der Waals surface area contributed by atoms with E-state index in [-0.39, 0.29) is 16.7 Å². The van der Waals surface area contributed by atoms with Crippen LogP contribution in [0.15, 0.2) is 23.1 Å². The van der Waals surface area contributed by atoms with Gasteiger partial charge < -0.3 is 15.4 Å². The van der Waals surface area contributed by atoms with Crippen molar-refractivity contribution in [3.8, 4) is 0 Å². The van der Waals surface area contributed by atoms with Gasteiger partial charge in [-0.15, -0.1) is 0 Å². The number of rotatable bonds is 7. The average molecular weight is 383 g/mol. The summed E-state index contributed by atoms with van der Waals surface area (Å²) < 4.78 is 22.9. The minimum Gasteiger partial charge on any atom is -0.391 e. The number of aliphatic hydroxyl groups excluding tert-OH is 1. The summed E-state index contributed by atoms with van der Waals surface area (Å²) in [6.45, 7) is 1.83. The summed E-state index contributed by atoms with van der Waals surface area (Å²) in [5.41, 5.74) is 1.15. The second-order valence-electron chi connectivity index (χ2n) is 6.60. The van der Waals surface area contributed by atoms with Gasteiger partial charge in [-0.3, -0.25) is 9.69 Å². The molecule has 0 spiro atoms. The van der Waals surface area contributed by atoms with Crippen LogP contribution in [0.1, 0.15) is 12.7 Å². The summed E-state index contributed by atoms with van der Waals surface area (Å²) in [6, 6.07) is 3.71. The number of likely N-dealkylation sites (N-methyl/N-ethyl adjacent to an activating group) is 2. The SMILES string of the molecule is CNC(=O)[C@H]([C@H](O)[C@H](C)Cc1nc2ccc(S(N)(=O)=O)cc2[nH]1)N(C)C. The highest BCUT2D eigenvalue weighted by molar-refractivity contribution is 7.89. The zero-order chi connectivity index (χ0) is 19.6. The van der Waals surface area contributed by atoms with Crippen LogP contribution in [-0.2, 0) is 21.2 Å². The Bertz CT molecular complexity index is 893. The topological polar surface area (TPSA) is 141 Å². The van der Waals surface area contributed by atoms with Crippen LogP contribution in [0.5, 0.6) is 0 Å². The summed E-state index contributed by atoms with van der Waals surface area (Å²) in [5, 5.41) is 18.3. The fourth-order valence-corrected chi connectivity index (χ4v) is 3.43. The minimum atomic E-state index is -3.79. The molecule has 0 aliphatic rings. The Balaban J connectivity index is 2.22. The molecular weight excluding hydrogens is 358 g/mol. The zero-order valence-electron chi connectivity index (χ0n) is 15.2. The predicted octanol–water partition coefficient (Wildman–Crippen LogP) is -0.574. The Hall–Kier alpha value is -2.01. The lowest BCUT2D eigenvalue weighted by molar-refractivity contribution is -0.130. The Morgan fingerprint density at radius 2 is 2.08 bits per heavy atom. The van der Waals surface area contributed by atoms with Crippen molar-refractivity contribution in [2.24, 2.45) is 11.1 Å². The maximum absolute atomic E-state index is 12.0. The summed E-state index contributed by atoms with van der Waals surface area (Å²) in [4.78, 5) is 21.1. The lowest BCUT2D eigenvalue weighted by Crippen LogP contribution is -2.52. The number of amides is 1. The van der Waals surface area contributed by atoms with Crippen LogP contribution in [0.3, 0.4) is 0 Å². The number of aromatic nitrogens is 2. The van der Waals surface area contributed by atoms with Crippen LogP contribution in [0.2, 0.25) is 0 Å². The van der Waals surface area contributed by atoms with Crippen molar-refractivity contribution in [2.45, 2.75) is 30.4 Å². The van der Waals surface area contributed by atoms with Crippen LogP contribution in [0.4, 0.5) is 0 Å². The predicted molar refractivity (Wildman–Crippen MR) is 97.9 cm³/mol. The number of carbonyl (C=O) groups is 1. The smallest absolute Gasteiger partial charge is 0.239 e. The molecule has 0 fully saturated rings. The maximum Gasteiger partial charge on any atom is 0.239 e. The first-order valence-electron chi connectivity index (χ1n) is 8.12. The molecule has 0 aliphatic carbocycles. The van der Waals surface area contributed by atoms with Crippen LogP contribution in [0, 0.1) is 5.92 Å². The van der Waals surface area contributed by atoms with E-state index in [4.69, 9.17) is 5.14 Å². The lowest BCUT2D eigenvalue weighted by atomic mass is 9.93. The second-order valence-corrected chi connectivity index (χ2v) is 8.16. The highest BCUT2D eigenvalue weighted by Gasteiger charge is 2.32. The van der Waals surface area contributed by atoms with Gasteiger partial charge in [0.25, 0.3) is 0 Å². The Morgan fingerprint density at radius 3 is 2.62 bits per heavy atom. The molecule has 26 heavy (non-hydrogen) atoms. The Kier molecular flexibility index (Phi) is 6.02. The van der Waals surface area contributed by atoms with E-state index < -0.39 is 22.2 Å². The van der Waals surface area contributed by atoms with Gasteiger partial charge in [-0.05, 0) is 38.2 Å². The van der Waals surface area contributed by atoms with E-state index in [1.807, 2.05) is 6.92 Å². The van der Waals surface area contributed by atoms with Crippen molar-refractivity contribution in [3.63, 3.8) is 0 Å². The summed E-state index contributed by atoms with van der Waals surface area (Å²) in [5.74, 6) is 0.0576. The number of carbonyl (C=O) groups excluding carboxylic acids is 1. The van der Waals surface area contributed by atoms with Gasteiger partial charge in [-0.2, -0.15) is 0 Å². The lowest BCUT2D eigenvalue weighted by Gasteiger charge is -2.30. The first-order valence-corrected chi connectivity index (χ1v) is 9.66. The number of primary sulfonamides is 1. The number of aliphatic hydroxyl groups is 1. The molecule has 1 amide bonds. The van der Waals surface area contributed by atoms with Crippen LogP contribution >= 0.6 is 0 Å². The zero-order valence-corrected chi connectivity index (χ0v) is 16.0. The van der Waals surface area contributed by atoms with Gasteiger partial charge in [-0.25, -0.2) is 18.5 Å². The quantitative estimate of drug-likeness (QED) is 0.504. The van der Waals surface area contributed by atoms with E-state index in [0.29, 0.717) is 23.3 Å². The fraction of sp³-hybridized carbons (Fsp3) is 0.500. The average Bonchev–Trinajstić information content (AvgIpc) is 2.94. The van der Waals surface area contributed by atoms with Crippen LogP contribution < -0.4 is 10.5 Å². The second kappa shape index (κ2) is 7.70. The van der Waals surface area contributed by atoms with Gasteiger partial charge in [0.1, 0.15) is 11.9 Å². The number of nitrogens with zero attached hydrogens (tertiary/aromatic N) is 2. The third-order valence-corrected chi connectivity index (χ3v) is 5.24. The number of fused-ring (bicyclic) bond motifs is 1. The molecule has 0 saturated carbocycles. The Morgan fingerprint density at radius 1 is 1.42 bits per heavy atom. The van der Waals surface area contributed by atoms with Crippen molar-refractivity contribution >= 4 is 27.0 Å². The number of aromatic amines is 1. The summed E-state index contributed by atoms with van der Waals surface area (Å²) in [6.07, 6.45) is -0.514. The van der Waals surface area contributed by atoms with Crippen LogP contribution in [0.25, 0.3) is 11.0 Å². The van der Waals surface area contributed by atoms with Crippen molar-refractivity contribution < 1.29 is 18.3 Å². The molecule has 1 heterocycles. The van der Waals surface area contributed by atoms with Crippen molar-refractivity contribution in [2.75, 3.05) is 21.1 Å². The molecule has 10 heteroatoms. The molecule has 144 valence electrons. The molecule has 1 aromatic carbocycles.